The number of piperidine rings is 1. The molecule has 6 heterocycles. The first-order valence-electron chi connectivity index (χ1n) is 19.7. The Bertz CT molecular complexity index is 2360. The number of nitrogens with zero attached hydrogens (tertiary/aromatic N) is 6. The first-order valence-corrected chi connectivity index (χ1v) is 19.7. The number of primary amides is 1. The van der Waals surface area contributed by atoms with Crippen molar-refractivity contribution in [3.05, 3.63) is 71.5 Å². The lowest BCUT2D eigenvalue weighted by atomic mass is 10.0. The lowest BCUT2D eigenvalue weighted by Crippen LogP contribution is -2.54. The molecule has 24 heteroatoms. The van der Waals surface area contributed by atoms with Crippen LogP contribution in [0.25, 0.3) is 11.5 Å². The monoisotopic (exact) mass is 881 g/mol. The number of aromatic nitrogens is 4. The lowest BCUT2D eigenvalue weighted by molar-refractivity contribution is -0.136. The van der Waals surface area contributed by atoms with Gasteiger partial charge in [0.05, 0.1) is 62.5 Å². The fourth-order valence-corrected chi connectivity index (χ4v) is 6.95. The van der Waals surface area contributed by atoms with Crippen molar-refractivity contribution in [3.63, 3.8) is 0 Å². The van der Waals surface area contributed by atoms with Gasteiger partial charge in [0.2, 0.25) is 17.7 Å². The van der Waals surface area contributed by atoms with Crippen molar-refractivity contribution < 1.29 is 60.6 Å². The average molecular weight is 882 g/mol. The Hall–Kier alpha value is -6.76. The summed E-state index contributed by atoms with van der Waals surface area (Å²) in [7, 11) is 0. The molecule has 63 heavy (non-hydrogen) atoms. The number of likely N-dealkylation sites (tertiary alicyclic amines) is 1. The SMILES string of the molecule is NC(=O)c1nn(C2CN(CCOCCOCCOCCNc3cccc4c3C(=O)N(C3CCC(=O)NC3=O)C4=O)C2)cc1NC(=O)c1coc(-c2ccnc(NCC(F)(F)F)c2)n1. The second-order valence-electron chi connectivity index (χ2n) is 14.5. The molecule has 0 radical (unpaired) electrons. The molecule has 4 aromatic rings. The highest BCUT2D eigenvalue weighted by molar-refractivity contribution is 6.25. The minimum atomic E-state index is -4.45. The Morgan fingerprint density at radius 1 is 0.952 bits per heavy atom. The summed E-state index contributed by atoms with van der Waals surface area (Å²) in [6, 6.07) is 6.43. The van der Waals surface area contributed by atoms with E-state index in [0.717, 1.165) is 11.2 Å². The molecule has 1 aromatic carbocycles. The van der Waals surface area contributed by atoms with Crippen LogP contribution in [-0.4, -0.2) is 150 Å². The largest absolute Gasteiger partial charge is 0.444 e. The molecule has 6 N–H and O–H groups in total. The molecule has 1 atom stereocenters. The van der Waals surface area contributed by atoms with Gasteiger partial charge >= 0.3 is 6.18 Å². The van der Waals surface area contributed by atoms with Crippen LogP contribution in [0.2, 0.25) is 0 Å². The summed E-state index contributed by atoms with van der Waals surface area (Å²) >= 11 is 0. The number of ether oxygens (including phenoxy) is 3. The van der Waals surface area contributed by atoms with Crippen molar-refractivity contribution in [2.75, 3.05) is 88.3 Å². The highest BCUT2D eigenvalue weighted by Crippen LogP contribution is 2.32. The molecule has 1 unspecified atom stereocenters. The summed E-state index contributed by atoms with van der Waals surface area (Å²) in [6.07, 6.45) is -0.511. The molecule has 6 amide bonds. The first-order chi connectivity index (χ1) is 30.3. The van der Waals surface area contributed by atoms with Crippen LogP contribution in [0, 0.1) is 0 Å². The lowest BCUT2D eigenvalue weighted by Gasteiger charge is -2.39. The number of hydrogen-bond acceptors (Lipinski definition) is 16. The normalized spacial score (nSPS) is 16.8. The number of alkyl halides is 3. The number of nitrogens with one attached hydrogen (secondary N) is 4. The number of pyridine rings is 1. The number of anilines is 3. The number of imide groups is 2. The fraction of sp³-hybridized carbons (Fsp3) is 0.410. The number of carbonyl (C=O) groups excluding carboxylic acids is 6. The summed E-state index contributed by atoms with van der Waals surface area (Å²) < 4.78 is 61.6. The topological polar surface area (TPSA) is 267 Å². The van der Waals surface area contributed by atoms with E-state index >= 15 is 0 Å². The molecule has 3 aliphatic heterocycles. The van der Waals surface area contributed by atoms with Crippen molar-refractivity contribution >= 4 is 52.6 Å². The second kappa shape index (κ2) is 19.5. The van der Waals surface area contributed by atoms with Crippen molar-refractivity contribution in [2.45, 2.75) is 31.1 Å². The van der Waals surface area contributed by atoms with Gasteiger partial charge in [0.1, 0.15) is 24.7 Å². The number of oxazole rings is 1. The van der Waals surface area contributed by atoms with Crippen LogP contribution < -0.4 is 27.0 Å². The number of rotatable bonds is 21. The zero-order valence-corrected chi connectivity index (χ0v) is 33.4. The van der Waals surface area contributed by atoms with Gasteiger partial charge in [-0.25, -0.2) is 9.97 Å². The van der Waals surface area contributed by atoms with Crippen LogP contribution in [0.5, 0.6) is 0 Å². The summed E-state index contributed by atoms with van der Waals surface area (Å²) in [4.78, 5) is 86.3. The van der Waals surface area contributed by atoms with E-state index < -0.39 is 54.2 Å². The highest BCUT2D eigenvalue weighted by Gasteiger charge is 2.45. The molecular formula is C39H42F3N11O10. The summed E-state index contributed by atoms with van der Waals surface area (Å²) in [5.74, 6) is -3.98. The van der Waals surface area contributed by atoms with E-state index in [1.807, 2.05) is 0 Å². The van der Waals surface area contributed by atoms with Crippen molar-refractivity contribution in [3.8, 4) is 11.5 Å². The predicted octanol–water partition coefficient (Wildman–Crippen LogP) is 1.68. The quantitative estimate of drug-likeness (QED) is 0.0589. The predicted molar refractivity (Wildman–Crippen MR) is 213 cm³/mol. The summed E-state index contributed by atoms with van der Waals surface area (Å²) in [6.45, 7) is 2.95. The minimum absolute atomic E-state index is 0.0375. The van der Waals surface area contributed by atoms with Crippen LogP contribution in [0.1, 0.15) is 60.6 Å². The van der Waals surface area contributed by atoms with Crippen LogP contribution in [-0.2, 0) is 23.8 Å². The average Bonchev–Trinajstić information content (AvgIpc) is 3.95. The van der Waals surface area contributed by atoms with Gasteiger partial charge in [-0.2, -0.15) is 18.3 Å². The minimum Gasteiger partial charge on any atom is -0.444 e. The number of benzene rings is 1. The van der Waals surface area contributed by atoms with E-state index in [1.165, 1.54) is 30.6 Å². The first kappa shape index (κ1) is 44.3. The number of halogens is 3. The molecule has 0 saturated carbocycles. The van der Waals surface area contributed by atoms with Gasteiger partial charge in [-0.15, -0.1) is 0 Å². The van der Waals surface area contributed by atoms with Gasteiger partial charge in [0, 0.05) is 56.2 Å². The van der Waals surface area contributed by atoms with Gasteiger partial charge in [-0.05, 0) is 30.7 Å². The Labute approximate surface area is 355 Å². The van der Waals surface area contributed by atoms with E-state index in [-0.39, 0.29) is 71.0 Å². The van der Waals surface area contributed by atoms with Crippen LogP contribution in [0.15, 0.2) is 53.4 Å². The van der Waals surface area contributed by atoms with E-state index in [0.29, 0.717) is 64.9 Å². The van der Waals surface area contributed by atoms with Crippen molar-refractivity contribution in [2.24, 2.45) is 5.73 Å². The third-order valence-corrected chi connectivity index (χ3v) is 10.1. The number of nitrogens with two attached hydrogens (primary N) is 1. The zero-order valence-electron chi connectivity index (χ0n) is 33.4. The highest BCUT2D eigenvalue weighted by atomic mass is 19.4. The van der Waals surface area contributed by atoms with E-state index in [2.05, 4.69) is 41.2 Å². The third-order valence-electron chi connectivity index (χ3n) is 10.1. The van der Waals surface area contributed by atoms with Crippen LogP contribution >= 0.6 is 0 Å². The fourth-order valence-electron chi connectivity index (χ4n) is 6.95. The maximum atomic E-state index is 13.2. The van der Waals surface area contributed by atoms with Gasteiger partial charge in [0.25, 0.3) is 23.6 Å². The van der Waals surface area contributed by atoms with Gasteiger partial charge < -0.3 is 40.3 Å². The van der Waals surface area contributed by atoms with Crippen LogP contribution in [0.3, 0.4) is 0 Å². The van der Waals surface area contributed by atoms with Crippen LogP contribution in [0.4, 0.5) is 30.4 Å². The molecule has 3 aliphatic rings. The molecule has 0 spiro atoms. The van der Waals surface area contributed by atoms with E-state index in [4.69, 9.17) is 24.4 Å². The molecule has 2 saturated heterocycles. The number of carbonyl (C=O) groups is 6. The van der Waals surface area contributed by atoms with E-state index in [9.17, 15) is 41.9 Å². The molecule has 7 rings (SSSR count). The maximum Gasteiger partial charge on any atom is 0.405 e. The molecular weight excluding hydrogens is 839 g/mol. The zero-order chi connectivity index (χ0) is 44.7. The Kier molecular flexibility index (Phi) is 13.7. The third kappa shape index (κ3) is 10.8. The molecule has 21 nitrogen and oxygen atoms in total. The smallest absolute Gasteiger partial charge is 0.405 e. The number of amides is 6. The maximum absolute atomic E-state index is 13.2. The van der Waals surface area contributed by atoms with Gasteiger partial charge in [-0.1, -0.05) is 6.07 Å². The standard InChI is InChI=1S/C39H42F3N11O10/c40-39(41,42)21-46-29-16-22(6-7-45-29)36-48-27(20-63-36)34(56)47-26-19-52(50-32(26)33(43)55)23-17-51(18-23)9-11-61-13-15-62-14-12-60-10-8-44-25-3-1-2-24-31(25)38(59)53(37(24)58)28-4-5-30(54)49-35(28)57/h1-3,6-7,16,19-20,23,28,44H,4-5,8-15,17-18,21H2,(H2,43,55)(H,45,46)(H,47,56)(H,49,54,57). The van der Waals surface area contributed by atoms with E-state index in [1.54, 1.807) is 16.8 Å². The number of hydrogen-bond donors (Lipinski definition) is 5. The molecule has 334 valence electrons. The molecule has 0 bridgehead atoms. The second-order valence-corrected chi connectivity index (χ2v) is 14.5. The van der Waals surface area contributed by atoms with Gasteiger partial charge in [-0.3, -0.25) is 48.6 Å². The van der Waals surface area contributed by atoms with Gasteiger partial charge in [0.15, 0.2) is 11.4 Å². The Morgan fingerprint density at radius 3 is 2.43 bits per heavy atom. The summed E-state index contributed by atoms with van der Waals surface area (Å²) in [5, 5.41) is 14.3. The van der Waals surface area contributed by atoms with Crippen molar-refractivity contribution in [1.29, 1.82) is 0 Å². The summed E-state index contributed by atoms with van der Waals surface area (Å²) in [5.41, 5.74) is 6.36. The van der Waals surface area contributed by atoms with Crippen molar-refractivity contribution in [1.82, 2.24) is 34.9 Å². The molecule has 3 aromatic heterocycles. The Balaban J connectivity index is 0.752. The Morgan fingerprint density at radius 2 is 1.70 bits per heavy atom. The number of fused-ring (bicyclic) bond motifs is 1. The molecule has 2 fully saturated rings. The molecule has 0 aliphatic carbocycles.